The Morgan fingerprint density at radius 1 is 1.38 bits per heavy atom. The van der Waals surface area contributed by atoms with Gasteiger partial charge in [-0.25, -0.2) is 9.67 Å². The van der Waals surface area contributed by atoms with Crippen molar-refractivity contribution in [3.8, 4) is 5.69 Å². The molecule has 0 saturated carbocycles. The first-order valence-corrected chi connectivity index (χ1v) is 8.33. The quantitative estimate of drug-likeness (QED) is 0.596. The zero-order chi connectivity index (χ0) is 17.4. The molecular formula is C17H24ClN5O. The lowest BCUT2D eigenvalue weighted by atomic mass is 10.3. The summed E-state index contributed by atoms with van der Waals surface area (Å²) in [6, 6.07) is 7.74. The van der Waals surface area contributed by atoms with Crippen molar-refractivity contribution in [2.24, 2.45) is 4.99 Å². The molecule has 1 atom stereocenters. The molecule has 0 bridgehead atoms. The van der Waals surface area contributed by atoms with Crippen LogP contribution >= 0.6 is 11.6 Å². The fourth-order valence-electron chi connectivity index (χ4n) is 2.19. The minimum absolute atomic E-state index is 0.185. The van der Waals surface area contributed by atoms with Gasteiger partial charge >= 0.3 is 0 Å². The first-order valence-electron chi connectivity index (χ1n) is 7.95. The van der Waals surface area contributed by atoms with Crippen LogP contribution in [0.2, 0.25) is 5.02 Å². The van der Waals surface area contributed by atoms with Gasteiger partial charge in [-0.15, -0.1) is 0 Å². The molecule has 1 heterocycles. The molecule has 0 spiro atoms. The van der Waals surface area contributed by atoms with Crippen molar-refractivity contribution in [1.29, 1.82) is 0 Å². The van der Waals surface area contributed by atoms with Gasteiger partial charge in [0.25, 0.3) is 0 Å². The number of aromatic nitrogens is 2. The monoisotopic (exact) mass is 349 g/mol. The van der Waals surface area contributed by atoms with Gasteiger partial charge < -0.3 is 15.4 Å². The number of benzene rings is 1. The predicted molar refractivity (Wildman–Crippen MR) is 97.9 cm³/mol. The highest BCUT2D eigenvalue weighted by atomic mass is 35.5. The number of guanidine groups is 1. The number of rotatable bonds is 7. The van der Waals surface area contributed by atoms with Gasteiger partial charge in [0.1, 0.15) is 0 Å². The standard InChI is InChI=1S/C17H24ClN5O/c1-4-19-17(22-13(2)12-24-3)20-9-14-10-21-23(11-14)16-7-5-15(18)6-8-16/h5-8,10-11,13H,4,9,12H2,1-3H3,(H2,19,20,22). The van der Waals surface area contributed by atoms with Crippen molar-refractivity contribution < 1.29 is 4.74 Å². The Morgan fingerprint density at radius 2 is 2.12 bits per heavy atom. The smallest absolute Gasteiger partial charge is 0.191 e. The second-order valence-electron chi connectivity index (χ2n) is 5.47. The van der Waals surface area contributed by atoms with Crippen LogP contribution in [0.4, 0.5) is 0 Å². The van der Waals surface area contributed by atoms with E-state index in [0.717, 1.165) is 23.8 Å². The Labute approximate surface area is 147 Å². The number of ether oxygens (including phenoxy) is 1. The first-order chi connectivity index (χ1) is 11.6. The van der Waals surface area contributed by atoms with Crippen LogP contribution in [0, 0.1) is 0 Å². The summed E-state index contributed by atoms with van der Waals surface area (Å²) in [4.78, 5) is 4.59. The summed E-state index contributed by atoms with van der Waals surface area (Å²) < 4.78 is 6.95. The second-order valence-corrected chi connectivity index (χ2v) is 5.90. The molecule has 0 aliphatic rings. The number of aliphatic imine (C=N–C) groups is 1. The highest BCUT2D eigenvalue weighted by Gasteiger charge is 2.05. The maximum Gasteiger partial charge on any atom is 0.191 e. The van der Waals surface area contributed by atoms with Gasteiger partial charge in [0.05, 0.1) is 25.0 Å². The molecule has 0 fully saturated rings. The number of hydrogen-bond acceptors (Lipinski definition) is 3. The van der Waals surface area contributed by atoms with Crippen LogP contribution < -0.4 is 10.6 Å². The Balaban J connectivity index is 2.02. The maximum absolute atomic E-state index is 5.91. The third-order valence-electron chi connectivity index (χ3n) is 3.29. The van der Waals surface area contributed by atoms with Crippen LogP contribution in [0.5, 0.6) is 0 Å². The fraction of sp³-hybridized carbons (Fsp3) is 0.412. The van der Waals surface area contributed by atoms with Crippen molar-refractivity contribution in [1.82, 2.24) is 20.4 Å². The zero-order valence-corrected chi connectivity index (χ0v) is 15.0. The summed E-state index contributed by atoms with van der Waals surface area (Å²) in [7, 11) is 1.69. The van der Waals surface area contributed by atoms with Crippen molar-refractivity contribution >= 4 is 17.6 Å². The Hall–Kier alpha value is -2.05. The third-order valence-corrected chi connectivity index (χ3v) is 3.54. The third kappa shape index (κ3) is 5.54. The number of nitrogens with zero attached hydrogens (tertiary/aromatic N) is 3. The highest BCUT2D eigenvalue weighted by molar-refractivity contribution is 6.30. The van der Waals surface area contributed by atoms with E-state index in [1.54, 1.807) is 7.11 Å². The lowest BCUT2D eigenvalue weighted by Crippen LogP contribution is -2.43. The average Bonchev–Trinajstić information content (AvgIpc) is 3.03. The zero-order valence-electron chi connectivity index (χ0n) is 14.3. The van der Waals surface area contributed by atoms with Crippen molar-refractivity contribution in [2.75, 3.05) is 20.3 Å². The largest absolute Gasteiger partial charge is 0.383 e. The molecule has 7 heteroatoms. The molecule has 0 aliphatic heterocycles. The SMILES string of the molecule is CCNC(=NCc1cnn(-c2ccc(Cl)cc2)c1)NC(C)COC. The van der Waals surface area contributed by atoms with E-state index in [1.807, 2.05) is 48.3 Å². The number of methoxy groups -OCH3 is 1. The van der Waals surface area contributed by atoms with Crippen LogP contribution in [0.15, 0.2) is 41.7 Å². The van der Waals surface area contributed by atoms with E-state index in [2.05, 4.69) is 27.6 Å². The summed E-state index contributed by atoms with van der Waals surface area (Å²) in [5, 5.41) is 11.6. The molecule has 24 heavy (non-hydrogen) atoms. The molecule has 130 valence electrons. The predicted octanol–water partition coefficient (Wildman–Crippen LogP) is 2.62. The summed E-state index contributed by atoms with van der Waals surface area (Å²) in [6.07, 6.45) is 3.79. The molecule has 2 N–H and O–H groups in total. The van der Waals surface area contributed by atoms with Gasteiger partial charge in [-0.1, -0.05) is 11.6 Å². The normalized spacial score (nSPS) is 12.9. The van der Waals surface area contributed by atoms with E-state index >= 15 is 0 Å². The van der Waals surface area contributed by atoms with E-state index in [9.17, 15) is 0 Å². The topological polar surface area (TPSA) is 63.5 Å². The minimum atomic E-state index is 0.185. The maximum atomic E-state index is 5.91. The van der Waals surface area contributed by atoms with E-state index in [-0.39, 0.29) is 6.04 Å². The lowest BCUT2D eigenvalue weighted by molar-refractivity contribution is 0.179. The van der Waals surface area contributed by atoms with Gasteiger partial charge in [0, 0.05) is 36.5 Å². The van der Waals surface area contributed by atoms with Gasteiger partial charge in [-0.2, -0.15) is 5.10 Å². The molecule has 2 aromatic rings. The molecule has 0 amide bonds. The van der Waals surface area contributed by atoms with Crippen LogP contribution in [0.25, 0.3) is 5.69 Å². The molecule has 0 aliphatic carbocycles. The van der Waals surface area contributed by atoms with Crippen LogP contribution in [0.1, 0.15) is 19.4 Å². The Morgan fingerprint density at radius 3 is 2.79 bits per heavy atom. The molecule has 1 aromatic heterocycles. The summed E-state index contributed by atoms with van der Waals surface area (Å²) in [5.74, 6) is 0.765. The van der Waals surface area contributed by atoms with E-state index in [4.69, 9.17) is 16.3 Å². The number of hydrogen-bond donors (Lipinski definition) is 2. The molecule has 0 saturated heterocycles. The summed E-state index contributed by atoms with van der Waals surface area (Å²) in [5.41, 5.74) is 2.00. The average molecular weight is 350 g/mol. The summed E-state index contributed by atoms with van der Waals surface area (Å²) in [6.45, 7) is 6.06. The van der Waals surface area contributed by atoms with Crippen molar-refractivity contribution in [3.05, 3.63) is 47.2 Å². The molecular weight excluding hydrogens is 326 g/mol. The Kier molecular flexibility index (Phi) is 7.08. The fourth-order valence-corrected chi connectivity index (χ4v) is 2.32. The minimum Gasteiger partial charge on any atom is -0.383 e. The van der Waals surface area contributed by atoms with Crippen LogP contribution in [-0.2, 0) is 11.3 Å². The number of nitrogens with one attached hydrogen (secondary N) is 2. The van der Waals surface area contributed by atoms with E-state index < -0.39 is 0 Å². The van der Waals surface area contributed by atoms with Crippen LogP contribution in [0.3, 0.4) is 0 Å². The van der Waals surface area contributed by atoms with Gasteiger partial charge in [0.2, 0.25) is 0 Å². The highest BCUT2D eigenvalue weighted by Crippen LogP contribution is 2.13. The van der Waals surface area contributed by atoms with Gasteiger partial charge in [0.15, 0.2) is 5.96 Å². The first kappa shape index (κ1) is 18.3. The molecule has 1 aromatic carbocycles. The van der Waals surface area contributed by atoms with E-state index in [0.29, 0.717) is 18.2 Å². The van der Waals surface area contributed by atoms with Gasteiger partial charge in [-0.3, -0.25) is 0 Å². The van der Waals surface area contributed by atoms with Crippen LogP contribution in [-0.4, -0.2) is 42.0 Å². The Bertz CT molecular complexity index is 653. The molecule has 2 rings (SSSR count). The van der Waals surface area contributed by atoms with E-state index in [1.165, 1.54) is 0 Å². The van der Waals surface area contributed by atoms with Crippen molar-refractivity contribution in [2.45, 2.75) is 26.4 Å². The molecule has 1 unspecified atom stereocenters. The van der Waals surface area contributed by atoms with Gasteiger partial charge in [-0.05, 0) is 38.1 Å². The summed E-state index contributed by atoms with van der Waals surface area (Å²) >= 11 is 5.91. The number of halogens is 1. The second kappa shape index (κ2) is 9.30. The molecule has 0 radical (unpaired) electrons. The molecule has 6 nitrogen and oxygen atoms in total. The lowest BCUT2D eigenvalue weighted by Gasteiger charge is -2.16. The van der Waals surface area contributed by atoms with Crippen molar-refractivity contribution in [3.63, 3.8) is 0 Å².